The molecule has 1 unspecified atom stereocenters. The zero-order valence-corrected chi connectivity index (χ0v) is 21.8. The van der Waals surface area contributed by atoms with Crippen molar-refractivity contribution in [2.24, 2.45) is 0 Å². The Kier molecular flexibility index (Phi) is 8.17. The van der Waals surface area contributed by atoms with Gasteiger partial charge in [0.2, 0.25) is 10.0 Å². The highest BCUT2D eigenvalue weighted by atomic mass is 35.5. The smallest absolute Gasteiger partial charge is 0.255 e. The van der Waals surface area contributed by atoms with Gasteiger partial charge in [-0.3, -0.25) is 9.52 Å². The molecule has 0 aliphatic rings. The van der Waals surface area contributed by atoms with Crippen LogP contribution in [0.3, 0.4) is 0 Å². The maximum absolute atomic E-state index is 12.9. The van der Waals surface area contributed by atoms with Gasteiger partial charge in [0.25, 0.3) is 5.91 Å². The van der Waals surface area contributed by atoms with Crippen LogP contribution in [0.25, 0.3) is 11.3 Å². The summed E-state index contributed by atoms with van der Waals surface area (Å²) >= 11 is 5.96. The molecule has 2 N–H and O–H groups in total. The predicted octanol–water partition coefficient (Wildman–Crippen LogP) is 5.70. The average molecular weight is 537 g/mol. The summed E-state index contributed by atoms with van der Waals surface area (Å²) in [5.74, 6) is -0.390. The van der Waals surface area contributed by atoms with Crippen molar-refractivity contribution < 1.29 is 17.9 Å². The molecule has 0 bridgehead atoms. The summed E-state index contributed by atoms with van der Waals surface area (Å²) in [4.78, 5) is 21.1. The minimum atomic E-state index is -3.59. The third-order valence-electron chi connectivity index (χ3n) is 5.41. The third-order valence-corrected chi connectivity index (χ3v) is 6.25. The summed E-state index contributed by atoms with van der Waals surface area (Å²) < 4.78 is 31.3. The number of nitrogens with one attached hydrogen (secondary N) is 2. The molecule has 0 saturated heterocycles. The highest BCUT2D eigenvalue weighted by Crippen LogP contribution is 2.25. The number of halogens is 1. The van der Waals surface area contributed by atoms with Crippen molar-refractivity contribution in [2.75, 3.05) is 16.3 Å². The molecule has 4 aromatic rings. The van der Waals surface area contributed by atoms with Crippen LogP contribution >= 0.6 is 11.6 Å². The number of benzene rings is 3. The van der Waals surface area contributed by atoms with Crippen LogP contribution in [0, 0.1) is 0 Å². The lowest BCUT2D eigenvalue weighted by Crippen LogP contribution is -2.13. The number of carbonyl (C=O) groups excluding carboxylic acids is 1. The molecule has 1 aromatic heterocycles. The van der Waals surface area contributed by atoms with Gasteiger partial charge in [-0.05, 0) is 42.3 Å². The van der Waals surface area contributed by atoms with Crippen LogP contribution in [0.1, 0.15) is 34.5 Å². The Balaban J connectivity index is 1.41. The second-order valence-electron chi connectivity index (χ2n) is 8.36. The number of rotatable bonds is 9. The number of ether oxygens (including phenoxy) is 1. The van der Waals surface area contributed by atoms with Gasteiger partial charge in [-0.1, -0.05) is 66.2 Å². The fraction of sp³-hybridized carbons (Fsp3) is 0.148. The van der Waals surface area contributed by atoms with Crippen molar-refractivity contribution in [1.82, 2.24) is 9.97 Å². The molecule has 0 radical (unpaired) electrons. The van der Waals surface area contributed by atoms with E-state index in [2.05, 4.69) is 20.0 Å². The maximum atomic E-state index is 12.9. The highest BCUT2D eigenvalue weighted by Gasteiger charge is 2.13. The molecule has 0 fully saturated rings. The number of carbonyl (C=O) groups is 1. The first kappa shape index (κ1) is 26.3. The van der Waals surface area contributed by atoms with Gasteiger partial charge in [0.05, 0.1) is 30.9 Å². The van der Waals surface area contributed by atoms with E-state index in [-0.39, 0.29) is 23.0 Å². The molecule has 4 rings (SSSR count). The average Bonchev–Trinajstić information content (AvgIpc) is 2.89. The molecule has 10 heteroatoms. The van der Waals surface area contributed by atoms with Crippen molar-refractivity contribution in [1.29, 1.82) is 0 Å². The minimum absolute atomic E-state index is 0.0311. The van der Waals surface area contributed by atoms with E-state index < -0.39 is 10.0 Å². The van der Waals surface area contributed by atoms with E-state index in [1.807, 2.05) is 61.5 Å². The zero-order valence-electron chi connectivity index (χ0n) is 20.2. The van der Waals surface area contributed by atoms with E-state index in [0.29, 0.717) is 29.1 Å². The molecule has 37 heavy (non-hydrogen) atoms. The number of sulfonamides is 1. The number of aromatic nitrogens is 2. The van der Waals surface area contributed by atoms with Gasteiger partial charge in [0, 0.05) is 16.8 Å². The van der Waals surface area contributed by atoms with Crippen molar-refractivity contribution in [3.63, 3.8) is 0 Å². The second kappa shape index (κ2) is 11.5. The molecule has 3 aromatic carbocycles. The minimum Gasteiger partial charge on any atom is -0.369 e. The largest absolute Gasteiger partial charge is 0.369 e. The van der Waals surface area contributed by atoms with E-state index in [0.717, 1.165) is 17.4 Å². The Morgan fingerprint density at radius 2 is 1.76 bits per heavy atom. The lowest BCUT2D eigenvalue weighted by Gasteiger charge is -2.14. The molecule has 1 atom stereocenters. The summed E-state index contributed by atoms with van der Waals surface area (Å²) in [6.45, 7) is 2.46. The first-order chi connectivity index (χ1) is 17.7. The van der Waals surface area contributed by atoms with Crippen LogP contribution in [-0.4, -0.2) is 30.5 Å². The summed E-state index contributed by atoms with van der Waals surface area (Å²) in [5, 5.41) is 2.80. The predicted molar refractivity (Wildman–Crippen MR) is 145 cm³/mol. The van der Waals surface area contributed by atoms with E-state index >= 15 is 0 Å². The first-order valence-corrected chi connectivity index (χ1v) is 13.6. The Hall–Kier alpha value is -3.79. The fourth-order valence-electron chi connectivity index (χ4n) is 3.50. The molecule has 0 spiro atoms. The van der Waals surface area contributed by atoms with Gasteiger partial charge in [-0.25, -0.2) is 18.4 Å². The maximum Gasteiger partial charge on any atom is 0.255 e. The van der Waals surface area contributed by atoms with E-state index in [4.69, 9.17) is 16.3 Å². The monoisotopic (exact) mass is 536 g/mol. The Bertz CT molecular complexity index is 1500. The lowest BCUT2D eigenvalue weighted by atomic mass is 10.1. The molecule has 190 valence electrons. The molecule has 0 aliphatic carbocycles. The lowest BCUT2D eigenvalue weighted by molar-refractivity contribution is 0.0526. The molecule has 0 aliphatic heterocycles. The number of amides is 1. The van der Waals surface area contributed by atoms with Crippen LogP contribution in [-0.2, 0) is 21.4 Å². The first-order valence-electron chi connectivity index (χ1n) is 11.4. The molecule has 1 heterocycles. The molecule has 8 nitrogen and oxygen atoms in total. The zero-order chi connectivity index (χ0) is 26.4. The highest BCUT2D eigenvalue weighted by molar-refractivity contribution is 7.92. The normalized spacial score (nSPS) is 12.1. The van der Waals surface area contributed by atoms with Crippen LogP contribution in [0.5, 0.6) is 0 Å². The number of hydrogen-bond donors (Lipinski definition) is 2. The van der Waals surface area contributed by atoms with Gasteiger partial charge in [-0.15, -0.1) is 0 Å². The quantitative estimate of drug-likeness (QED) is 0.284. The summed E-state index contributed by atoms with van der Waals surface area (Å²) in [7, 11) is -3.59. The van der Waals surface area contributed by atoms with Crippen molar-refractivity contribution in [3.05, 3.63) is 107 Å². The Morgan fingerprint density at radius 1 is 1.03 bits per heavy atom. The number of nitrogens with zero attached hydrogens (tertiary/aromatic N) is 2. The molecular formula is C27H25ClN4O4S. The molecule has 1 amide bonds. The van der Waals surface area contributed by atoms with Crippen LogP contribution < -0.4 is 10.0 Å². The molecule has 0 saturated carbocycles. The topological polar surface area (TPSA) is 110 Å². The SMILES string of the molecule is CC(OCc1ccc(NC(=O)c2cccc(-c3cnc(Cl)c(NS(C)(=O)=O)n3)c2)cc1)c1ccccc1. The van der Waals surface area contributed by atoms with Crippen molar-refractivity contribution in [3.8, 4) is 11.3 Å². The van der Waals surface area contributed by atoms with E-state index in [1.165, 1.54) is 6.20 Å². The fourth-order valence-corrected chi connectivity index (χ4v) is 4.19. The van der Waals surface area contributed by atoms with E-state index in [9.17, 15) is 13.2 Å². The summed E-state index contributed by atoms with van der Waals surface area (Å²) in [6, 6.07) is 24.2. The summed E-state index contributed by atoms with van der Waals surface area (Å²) in [5.41, 5.74) is 4.08. The van der Waals surface area contributed by atoms with Crippen LogP contribution in [0.4, 0.5) is 11.5 Å². The standard InChI is InChI=1S/C27H25ClN4O4S/c1-18(20-7-4-3-5-8-20)36-17-19-11-13-23(14-12-19)30-27(33)22-10-6-9-21(15-22)24-16-29-25(28)26(31-24)32-37(2,34)35/h3-16,18H,17H2,1-2H3,(H,30,33)(H,31,32). The Morgan fingerprint density at radius 3 is 2.46 bits per heavy atom. The van der Waals surface area contributed by atoms with Crippen LogP contribution in [0.2, 0.25) is 5.15 Å². The third kappa shape index (κ3) is 7.36. The van der Waals surface area contributed by atoms with Crippen LogP contribution in [0.15, 0.2) is 85.1 Å². The van der Waals surface area contributed by atoms with Crippen molar-refractivity contribution >= 4 is 39.0 Å². The van der Waals surface area contributed by atoms with Gasteiger partial charge >= 0.3 is 0 Å². The second-order valence-corrected chi connectivity index (χ2v) is 10.5. The van der Waals surface area contributed by atoms with E-state index in [1.54, 1.807) is 24.3 Å². The van der Waals surface area contributed by atoms with Gasteiger partial charge in [0.15, 0.2) is 11.0 Å². The number of hydrogen-bond acceptors (Lipinski definition) is 6. The molecular weight excluding hydrogens is 512 g/mol. The van der Waals surface area contributed by atoms with Crippen molar-refractivity contribution in [2.45, 2.75) is 19.6 Å². The Labute approximate surface area is 220 Å². The van der Waals surface area contributed by atoms with Gasteiger partial charge in [-0.2, -0.15) is 0 Å². The van der Waals surface area contributed by atoms with Gasteiger partial charge < -0.3 is 10.1 Å². The number of anilines is 2. The van der Waals surface area contributed by atoms with Gasteiger partial charge in [0.1, 0.15) is 0 Å². The summed E-state index contributed by atoms with van der Waals surface area (Å²) in [6.07, 6.45) is 2.37.